The van der Waals surface area contributed by atoms with Crippen LogP contribution >= 0.6 is 0 Å². The van der Waals surface area contributed by atoms with Crippen LogP contribution in [0.25, 0.3) is 0 Å². The summed E-state index contributed by atoms with van der Waals surface area (Å²) in [5, 5.41) is 0. The first-order valence-electron chi connectivity index (χ1n) is 6.59. The second kappa shape index (κ2) is 4.56. The summed E-state index contributed by atoms with van der Waals surface area (Å²) in [4.78, 5) is 8.68. The van der Waals surface area contributed by atoms with Crippen molar-refractivity contribution in [2.75, 3.05) is 6.61 Å². The summed E-state index contributed by atoms with van der Waals surface area (Å²) in [6, 6.07) is 4.94. The lowest BCUT2D eigenvalue weighted by Gasteiger charge is -2.23. The van der Waals surface area contributed by atoms with Gasteiger partial charge in [-0.15, -0.1) is 0 Å². The first-order chi connectivity index (χ1) is 8.72. The second-order valence-electron chi connectivity index (χ2n) is 5.29. The Bertz CT molecular complexity index is 532. The molecule has 94 valence electrons. The molecule has 3 nitrogen and oxygen atoms in total. The maximum Gasteiger partial charge on any atom is 0.317 e. The Morgan fingerprint density at radius 1 is 1.39 bits per heavy atom. The first kappa shape index (κ1) is 11.5. The van der Waals surface area contributed by atoms with Crippen molar-refractivity contribution < 1.29 is 4.74 Å². The Balaban J connectivity index is 2.03. The number of aliphatic imine (C=N–C) groups is 2. The lowest BCUT2D eigenvalue weighted by atomic mass is 9.83. The van der Waals surface area contributed by atoms with Crippen molar-refractivity contribution in [2.24, 2.45) is 15.9 Å². The van der Waals surface area contributed by atoms with Gasteiger partial charge in [-0.2, -0.15) is 4.99 Å². The summed E-state index contributed by atoms with van der Waals surface area (Å²) in [5.74, 6) is 0.778. The summed E-state index contributed by atoms with van der Waals surface area (Å²) in [6.07, 6.45) is 5.28. The predicted octanol–water partition coefficient (Wildman–Crippen LogP) is 3.21. The molecule has 3 heteroatoms. The Morgan fingerprint density at radius 3 is 3.06 bits per heavy atom. The molecule has 0 saturated carbocycles. The monoisotopic (exact) mass is 242 g/mol. The van der Waals surface area contributed by atoms with Crippen LogP contribution in [0.15, 0.2) is 22.1 Å². The average molecular weight is 242 g/mol. The third-order valence-electron chi connectivity index (χ3n) is 3.62. The number of ether oxygens (including phenoxy) is 1. The molecule has 1 aromatic rings. The summed E-state index contributed by atoms with van der Waals surface area (Å²) in [6.45, 7) is 4.99. The van der Waals surface area contributed by atoms with Crippen LogP contribution in [0.1, 0.15) is 30.0 Å². The van der Waals surface area contributed by atoms with Gasteiger partial charge in [-0.25, -0.2) is 4.99 Å². The Kier molecular flexibility index (Phi) is 2.90. The summed E-state index contributed by atoms with van der Waals surface area (Å²) >= 11 is 0. The molecule has 1 aromatic carbocycles. The number of benzene rings is 1. The van der Waals surface area contributed by atoms with Crippen LogP contribution in [0.3, 0.4) is 0 Å². The Hall–Kier alpha value is -1.64. The summed E-state index contributed by atoms with van der Waals surface area (Å²) in [7, 11) is 0. The zero-order chi connectivity index (χ0) is 12.5. The minimum atomic E-state index is 0.501. The molecule has 0 aromatic heterocycles. The maximum atomic E-state index is 5.34. The molecule has 1 unspecified atom stereocenters. The lowest BCUT2D eigenvalue weighted by molar-refractivity contribution is 0.377. The van der Waals surface area contributed by atoms with Crippen LogP contribution < -0.4 is 0 Å². The molecule has 1 aliphatic carbocycles. The molecule has 1 heterocycles. The van der Waals surface area contributed by atoms with Crippen LogP contribution in [0, 0.1) is 12.8 Å². The third-order valence-corrected chi connectivity index (χ3v) is 3.62. The van der Waals surface area contributed by atoms with Crippen molar-refractivity contribution in [3.05, 3.63) is 28.8 Å². The van der Waals surface area contributed by atoms with E-state index in [1.165, 1.54) is 29.5 Å². The number of hydrogen-bond donors (Lipinski definition) is 0. The van der Waals surface area contributed by atoms with E-state index in [1.807, 2.05) is 0 Å². The fraction of sp³-hybridized carbons (Fsp3) is 0.467. The van der Waals surface area contributed by atoms with Crippen molar-refractivity contribution in [2.45, 2.75) is 33.1 Å². The van der Waals surface area contributed by atoms with E-state index in [4.69, 9.17) is 4.74 Å². The molecular weight excluding hydrogens is 224 g/mol. The van der Waals surface area contributed by atoms with Crippen molar-refractivity contribution in [1.29, 1.82) is 0 Å². The minimum absolute atomic E-state index is 0.501. The molecule has 0 amide bonds. The molecule has 3 rings (SSSR count). The average Bonchev–Trinajstić information content (AvgIpc) is 2.80. The van der Waals surface area contributed by atoms with E-state index in [0.717, 1.165) is 18.0 Å². The molecule has 0 radical (unpaired) electrons. The maximum absolute atomic E-state index is 5.34. The van der Waals surface area contributed by atoms with Crippen LogP contribution in [0.4, 0.5) is 5.69 Å². The van der Waals surface area contributed by atoms with E-state index in [1.54, 1.807) is 6.21 Å². The van der Waals surface area contributed by atoms with E-state index >= 15 is 0 Å². The number of hydrogen-bond acceptors (Lipinski definition) is 2. The fourth-order valence-electron chi connectivity index (χ4n) is 2.74. The molecule has 0 spiro atoms. The largest absolute Gasteiger partial charge is 0.458 e. The predicted molar refractivity (Wildman–Crippen MR) is 73.9 cm³/mol. The highest BCUT2D eigenvalue weighted by molar-refractivity contribution is 5.90. The SMILES string of the molecule is Cc1cc2c(c(N=C3N=CCO3)c1)CCC(C)C2. The van der Waals surface area contributed by atoms with E-state index in [9.17, 15) is 0 Å². The number of fused-ring (bicyclic) bond motifs is 1. The normalized spacial score (nSPS) is 24.1. The highest BCUT2D eigenvalue weighted by atomic mass is 16.5. The van der Waals surface area contributed by atoms with Crippen molar-refractivity contribution in [3.63, 3.8) is 0 Å². The standard InChI is InChI=1S/C15H18N2O/c1-10-3-4-13-12(7-10)8-11(2)9-14(13)17-15-16-5-6-18-15/h5,8-10H,3-4,6-7H2,1-2H3. The van der Waals surface area contributed by atoms with Crippen molar-refractivity contribution in [1.82, 2.24) is 0 Å². The number of aryl methyl sites for hydroxylation is 1. The molecule has 0 bridgehead atoms. The van der Waals surface area contributed by atoms with Crippen molar-refractivity contribution in [3.8, 4) is 0 Å². The van der Waals surface area contributed by atoms with Crippen LogP contribution in [0.2, 0.25) is 0 Å². The van der Waals surface area contributed by atoms with Gasteiger partial charge < -0.3 is 4.74 Å². The molecule has 18 heavy (non-hydrogen) atoms. The van der Waals surface area contributed by atoms with Crippen LogP contribution in [-0.4, -0.2) is 18.8 Å². The summed E-state index contributed by atoms with van der Waals surface area (Å²) < 4.78 is 5.34. The van der Waals surface area contributed by atoms with Gasteiger partial charge in [0.2, 0.25) is 0 Å². The van der Waals surface area contributed by atoms with Crippen molar-refractivity contribution >= 4 is 17.9 Å². The van der Waals surface area contributed by atoms with Crippen LogP contribution in [0.5, 0.6) is 0 Å². The zero-order valence-corrected chi connectivity index (χ0v) is 10.9. The lowest BCUT2D eigenvalue weighted by Crippen LogP contribution is -2.12. The van der Waals surface area contributed by atoms with E-state index in [2.05, 4.69) is 36.0 Å². The van der Waals surface area contributed by atoms with E-state index < -0.39 is 0 Å². The molecule has 0 saturated heterocycles. The molecule has 0 fully saturated rings. The fourth-order valence-corrected chi connectivity index (χ4v) is 2.74. The quantitative estimate of drug-likeness (QED) is 0.744. The van der Waals surface area contributed by atoms with Crippen LogP contribution in [-0.2, 0) is 17.6 Å². The minimum Gasteiger partial charge on any atom is -0.458 e. The number of nitrogens with zero attached hydrogens (tertiary/aromatic N) is 2. The molecule has 2 aliphatic rings. The summed E-state index contributed by atoms with van der Waals surface area (Å²) in [5.41, 5.74) is 5.15. The third kappa shape index (κ3) is 2.17. The highest BCUT2D eigenvalue weighted by Crippen LogP contribution is 2.33. The topological polar surface area (TPSA) is 34.0 Å². The Morgan fingerprint density at radius 2 is 2.28 bits per heavy atom. The highest BCUT2D eigenvalue weighted by Gasteiger charge is 2.19. The van der Waals surface area contributed by atoms with Gasteiger partial charge >= 0.3 is 6.02 Å². The number of amidine groups is 1. The molecule has 1 atom stereocenters. The molecule has 1 aliphatic heterocycles. The first-order valence-corrected chi connectivity index (χ1v) is 6.59. The van der Waals surface area contributed by atoms with Gasteiger partial charge in [-0.05, 0) is 54.9 Å². The van der Waals surface area contributed by atoms with Gasteiger partial charge in [-0.3, -0.25) is 0 Å². The molecular formula is C15H18N2O. The molecule has 0 N–H and O–H groups in total. The van der Waals surface area contributed by atoms with E-state index in [-0.39, 0.29) is 0 Å². The van der Waals surface area contributed by atoms with Gasteiger partial charge in [0, 0.05) is 6.21 Å². The van der Waals surface area contributed by atoms with Gasteiger partial charge in [0.25, 0.3) is 0 Å². The van der Waals surface area contributed by atoms with E-state index in [0.29, 0.717) is 12.6 Å². The van der Waals surface area contributed by atoms with Gasteiger partial charge in [0.1, 0.15) is 6.61 Å². The Labute approximate surface area is 108 Å². The smallest absolute Gasteiger partial charge is 0.317 e. The van der Waals surface area contributed by atoms with Gasteiger partial charge in [0.15, 0.2) is 0 Å². The van der Waals surface area contributed by atoms with Gasteiger partial charge in [-0.1, -0.05) is 13.0 Å². The second-order valence-corrected chi connectivity index (χ2v) is 5.29. The van der Waals surface area contributed by atoms with Gasteiger partial charge in [0.05, 0.1) is 5.69 Å². The number of rotatable bonds is 1. The zero-order valence-electron chi connectivity index (χ0n) is 10.9.